The van der Waals surface area contributed by atoms with Crippen molar-refractivity contribution >= 4 is 5.97 Å². The standard InChI is InChI=1S/C30H34O6/c1-32-26-12-11-24(21-27(26)36-25-5-3-4-6-25)29(15-17-30(18-16-29)34-19-20-35-30)14-13-22-7-9-23(10-8-22)28(31)33-2/h7-12,21,25H,3-6,15-20H2,1-2H3. The number of benzene rings is 2. The summed E-state index contributed by atoms with van der Waals surface area (Å²) < 4.78 is 28.9. The Morgan fingerprint density at radius 3 is 2.25 bits per heavy atom. The van der Waals surface area contributed by atoms with Crippen LogP contribution in [0.1, 0.15) is 72.9 Å². The molecule has 5 rings (SSSR count). The molecule has 0 bridgehead atoms. The minimum Gasteiger partial charge on any atom is -0.493 e. The molecule has 6 nitrogen and oxygen atoms in total. The van der Waals surface area contributed by atoms with Crippen molar-refractivity contribution in [1.29, 1.82) is 0 Å². The van der Waals surface area contributed by atoms with Gasteiger partial charge in [0, 0.05) is 18.4 Å². The zero-order chi connectivity index (χ0) is 25.0. The molecule has 0 N–H and O–H groups in total. The lowest BCUT2D eigenvalue weighted by Gasteiger charge is -2.41. The van der Waals surface area contributed by atoms with Gasteiger partial charge in [-0.25, -0.2) is 4.79 Å². The van der Waals surface area contributed by atoms with Crippen molar-refractivity contribution in [2.24, 2.45) is 0 Å². The maximum atomic E-state index is 11.8. The number of carbonyl (C=O) groups excluding carboxylic acids is 1. The van der Waals surface area contributed by atoms with E-state index in [0.29, 0.717) is 18.8 Å². The Morgan fingerprint density at radius 2 is 1.61 bits per heavy atom. The fraction of sp³-hybridized carbons (Fsp3) is 0.500. The molecule has 1 heterocycles. The molecule has 2 aromatic rings. The number of methoxy groups -OCH3 is 2. The fourth-order valence-corrected chi connectivity index (χ4v) is 5.58. The maximum absolute atomic E-state index is 11.8. The first-order valence-electron chi connectivity index (χ1n) is 12.9. The second-order valence-corrected chi connectivity index (χ2v) is 9.90. The van der Waals surface area contributed by atoms with Gasteiger partial charge >= 0.3 is 5.97 Å². The molecule has 190 valence electrons. The molecule has 36 heavy (non-hydrogen) atoms. The number of carbonyl (C=O) groups is 1. The number of hydrogen-bond donors (Lipinski definition) is 0. The number of hydrogen-bond acceptors (Lipinski definition) is 6. The van der Waals surface area contributed by atoms with E-state index >= 15 is 0 Å². The summed E-state index contributed by atoms with van der Waals surface area (Å²) in [6.45, 7) is 1.29. The third-order valence-electron chi connectivity index (χ3n) is 7.74. The van der Waals surface area contributed by atoms with Crippen LogP contribution in [0, 0.1) is 11.8 Å². The van der Waals surface area contributed by atoms with Crippen LogP contribution in [-0.2, 0) is 19.6 Å². The van der Waals surface area contributed by atoms with Crippen LogP contribution in [-0.4, -0.2) is 45.3 Å². The van der Waals surface area contributed by atoms with Gasteiger partial charge in [0.1, 0.15) is 0 Å². The van der Waals surface area contributed by atoms with Gasteiger partial charge in [-0.15, -0.1) is 0 Å². The average Bonchev–Trinajstić information content (AvgIpc) is 3.61. The fourth-order valence-electron chi connectivity index (χ4n) is 5.58. The normalized spacial score (nSPS) is 20.5. The molecule has 1 saturated heterocycles. The van der Waals surface area contributed by atoms with Gasteiger partial charge in [-0.05, 0) is 80.5 Å². The molecule has 0 atom stereocenters. The van der Waals surface area contributed by atoms with Crippen molar-refractivity contribution in [2.75, 3.05) is 27.4 Å². The summed E-state index contributed by atoms with van der Waals surface area (Å²) in [5.41, 5.74) is 2.12. The molecule has 6 heteroatoms. The van der Waals surface area contributed by atoms with Gasteiger partial charge in [0.2, 0.25) is 0 Å². The van der Waals surface area contributed by atoms with Crippen LogP contribution in [0.3, 0.4) is 0 Å². The van der Waals surface area contributed by atoms with Crippen molar-refractivity contribution in [1.82, 2.24) is 0 Å². The molecule has 1 spiro atoms. The molecule has 0 aromatic heterocycles. The van der Waals surface area contributed by atoms with Crippen molar-refractivity contribution in [3.63, 3.8) is 0 Å². The van der Waals surface area contributed by atoms with Crippen LogP contribution < -0.4 is 9.47 Å². The lowest BCUT2D eigenvalue weighted by Crippen LogP contribution is -2.41. The Bertz CT molecular complexity index is 1120. The molecule has 0 unspecified atom stereocenters. The minimum absolute atomic E-state index is 0.236. The summed E-state index contributed by atoms with van der Waals surface area (Å²) in [5, 5.41) is 0. The molecule has 2 aromatic carbocycles. The Hall–Kier alpha value is -3.01. The zero-order valence-electron chi connectivity index (χ0n) is 21.1. The van der Waals surface area contributed by atoms with Crippen LogP contribution >= 0.6 is 0 Å². The first kappa shape index (κ1) is 24.7. The van der Waals surface area contributed by atoms with Gasteiger partial charge in [0.05, 0.1) is 44.5 Å². The average molecular weight is 491 g/mol. The molecule has 3 fully saturated rings. The van der Waals surface area contributed by atoms with E-state index in [1.54, 1.807) is 19.2 Å². The minimum atomic E-state index is -0.483. The number of esters is 1. The predicted molar refractivity (Wildman–Crippen MR) is 135 cm³/mol. The SMILES string of the molecule is COC(=O)c1ccc(C#CC2(c3ccc(OC)c(OC4CCCC4)c3)CCC3(CC2)OCCO3)cc1. The number of ether oxygens (including phenoxy) is 5. The van der Waals surface area contributed by atoms with Gasteiger partial charge in [-0.1, -0.05) is 17.9 Å². The molecule has 1 aliphatic heterocycles. The molecule has 0 radical (unpaired) electrons. The van der Waals surface area contributed by atoms with Gasteiger partial charge in [0.15, 0.2) is 17.3 Å². The van der Waals surface area contributed by atoms with Crippen molar-refractivity contribution in [2.45, 2.75) is 68.7 Å². The van der Waals surface area contributed by atoms with E-state index < -0.39 is 5.79 Å². The van der Waals surface area contributed by atoms with Gasteiger partial charge in [-0.2, -0.15) is 0 Å². The van der Waals surface area contributed by atoms with Crippen LogP contribution in [0.5, 0.6) is 11.5 Å². The predicted octanol–water partition coefficient (Wildman–Crippen LogP) is 5.41. The second kappa shape index (κ2) is 10.5. The van der Waals surface area contributed by atoms with Crippen molar-refractivity contribution in [3.8, 4) is 23.3 Å². The summed E-state index contributed by atoms with van der Waals surface area (Å²) in [5.74, 6) is 7.71. The van der Waals surface area contributed by atoms with Crippen LogP contribution in [0.25, 0.3) is 0 Å². The quantitative estimate of drug-likeness (QED) is 0.413. The molecule has 2 saturated carbocycles. The monoisotopic (exact) mass is 490 g/mol. The van der Waals surface area contributed by atoms with E-state index in [2.05, 4.69) is 24.0 Å². The molecule has 0 amide bonds. The van der Waals surface area contributed by atoms with E-state index in [4.69, 9.17) is 23.7 Å². The van der Waals surface area contributed by atoms with Gasteiger partial charge < -0.3 is 23.7 Å². The lowest BCUT2D eigenvalue weighted by atomic mass is 9.68. The Kier molecular flexibility index (Phi) is 7.22. The van der Waals surface area contributed by atoms with Crippen LogP contribution in [0.2, 0.25) is 0 Å². The first-order chi connectivity index (χ1) is 17.5. The van der Waals surface area contributed by atoms with Crippen LogP contribution in [0.15, 0.2) is 42.5 Å². The van der Waals surface area contributed by atoms with Crippen molar-refractivity contribution in [3.05, 3.63) is 59.2 Å². The summed E-state index contributed by atoms with van der Waals surface area (Å²) in [6, 6.07) is 13.5. The molecule has 3 aliphatic rings. The maximum Gasteiger partial charge on any atom is 0.337 e. The molecule has 2 aliphatic carbocycles. The van der Waals surface area contributed by atoms with Gasteiger partial charge in [-0.3, -0.25) is 0 Å². The Balaban J connectivity index is 1.47. The van der Waals surface area contributed by atoms with Crippen LogP contribution in [0.4, 0.5) is 0 Å². The zero-order valence-corrected chi connectivity index (χ0v) is 21.1. The second-order valence-electron chi connectivity index (χ2n) is 9.90. The third-order valence-corrected chi connectivity index (χ3v) is 7.74. The summed E-state index contributed by atoms with van der Waals surface area (Å²) >= 11 is 0. The smallest absolute Gasteiger partial charge is 0.337 e. The third kappa shape index (κ3) is 5.09. The van der Waals surface area contributed by atoms with E-state index in [1.807, 2.05) is 18.2 Å². The highest BCUT2D eigenvalue weighted by atomic mass is 16.7. The van der Waals surface area contributed by atoms with E-state index in [-0.39, 0.29) is 17.5 Å². The summed E-state index contributed by atoms with van der Waals surface area (Å²) in [6.07, 6.45) is 8.01. The summed E-state index contributed by atoms with van der Waals surface area (Å²) in [7, 11) is 3.07. The highest BCUT2D eigenvalue weighted by Crippen LogP contribution is 2.48. The molecular weight excluding hydrogens is 456 g/mol. The Morgan fingerprint density at radius 1 is 0.917 bits per heavy atom. The van der Waals surface area contributed by atoms with E-state index in [0.717, 1.165) is 61.2 Å². The van der Waals surface area contributed by atoms with Crippen molar-refractivity contribution < 1.29 is 28.5 Å². The largest absolute Gasteiger partial charge is 0.493 e. The molecular formula is C30H34O6. The van der Waals surface area contributed by atoms with E-state index in [1.165, 1.54) is 20.0 Å². The topological polar surface area (TPSA) is 63.2 Å². The van der Waals surface area contributed by atoms with E-state index in [9.17, 15) is 4.79 Å². The first-order valence-corrected chi connectivity index (χ1v) is 12.9. The number of rotatable bonds is 5. The highest BCUT2D eigenvalue weighted by Gasteiger charge is 2.46. The Labute approximate surface area is 213 Å². The summed E-state index contributed by atoms with van der Waals surface area (Å²) in [4.78, 5) is 11.8. The van der Waals surface area contributed by atoms with Gasteiger partial charge in [0.25, 0.3) is 0 Å². The lowest BCUT2D eigenvalue weighted by molar-refractivity contribution is -0.182. The highest BCUT2D eigenvalue weighted by molar-refractivity contribution is 5.89.